The van der Waals surface area contributed by atoms with Crippen LogP contribution in [-0.4, -0.2) is 30.8 Å². The van der Waals surface area contributed by atoms with Crippen LogP contribution in [0.3, 0.4) is 0 Å². The second kappa shape index (κ2) is 5.43. The van der Waals surface area contributed by atoms with Crippen molar-refractivity contribution in [2.24, 2.45) is 5.73 Å². The number of rotatable bonds is 3. The number of nitrogens with two attached hydrogens (primary N) is 1. The molecular formula is C13H20ClN3O. The number of methoxy groups -OCH3 is 1. The largest absolute Gasteiger partial charge is 0.377 e. The van der Waals surface area contributed by atoms with Crippen molar-refractivity contribution in [1.29, 1.82) is 0 Å². The SMILES string of the molecule is COC1(C)CCCN(c2nccc(CN)c2Cl)C1. The molecule has 1 unspecified atom stereocenters. The Morgan fingerprint density at radius 3 is 3.06 bits per heavy atom. The topological polar surface area (TPSA) is 51.4 Å². The van der Waals surface area contributed by atoms with Crippen molar-refractivity contribution in [3.8, 4) is 0 Å². The highest BCUT2D eigenvalue weighted by atomic mass is 35.5. The van der Waals surface area contributed by atoms with E-state index in [1.54, 1.807) is 13.3 Å². The molecule has 2 N–H and O–H groups in total. The molecule has 2 rings (SSSR count). The van der Waals surface area contributed by atoms with Crippen LogP contribution in [0.2, 0.25) is 5.02 Å². The normalized spacial score (nSPS) is 24.3. The molecule has 100 valence electrons. The average Bonchev–Trinajstić information content (AvgIpc) is 2.39. The van der Waals surface area contributed by atoms with E-state index >= 15 is 0 Å². The highest BCUT2D eigenvalue weighted by Gasteiger charge is 2.32. The Labute approximate surface area is 113 Å². The molecule has 0 radical (unpaired) electrons. The molecule has 0 bridgehead atoms. The van der Waals surface area contributed by atoms with Gasteiger partial charge in [0.1, 0.15) is 5.82 Å². The zero-order valence-corrected chi connectivity index (χ0v) is 11.7. The minimum atomic E-state index is -0.123. The second-order valence-electron chi connectivity index (χ2n) is 4.99. The van der Waals surface area contributed by atoms with E-state index in [0.29, 0.717) is 11.6 Å². The van der Waals surface area contributed by atoms with E-state index in [-0.39, 0.29) is 5.60 Å². The van der Waals surface area contributed by atoms with Gasteiger partial charge in [-0.3, -0.25) is 0 Å². The first-order valence-corrected chi connectivity index (χ1v) is 6.61. The molecule has 0 aromatic carbocycles. The van der Waals surface area contributed by atoms with E-state index in [0.717, 1.165) is 37.3 Å². The van der Waals surface area contributed by atoms with Crippen molar-refractivity contribution in [2.45, 2.75) is 31.9 Å². The smallest absolute Gasteiger partial charge is 0.147 e. The van der Waals surface area contributed by atoms with E-state index in [1.807, 2.05) is 6.07 Å². The van der Waals surface area contributed by atoms with E-state index in [9.17, 15) is 0 Å². The van der Waals surface area contributed by atoms with Crippen molar-refractivity contribution in [1.82, 2.24) is 4.98 Å². The van der Waals surface area contributed by atoms with Crippen molar-refractivity contribution in [2.75, 3.05) is 25.1 Å². The van der Waals surface area contributed by atoms with Gasteiger partial charge in [-0.2, -0.15) is 0 Å². The van der Waals surface area contributed by atoms with Crippen LogP contribution in [0.5, 0.6) is 0 Å². The number of aromatic nitrogens is 1. The number of anilines is 1. The van der Waals surface area contributed by atoms with Crippen molar-refractivity contribution < 1.29 is 4.74 Å². The molecule has 1 aliphatic rings. The van der Waals surface area contributed by atoms with Crippen LogP contribution in [0.25, 0.3) is 0 Å². The Bertz CT molecular complexity index is 427. The number of piperidine rings is 1. The van der Waals surface area contributed by atoms with Gasteiger partial charge in [0.25, 0.3) is 0 Å². The lowest BCUT2D eigenvalue weighted by atomic mass is 9.94. The van der Waals surface area contributed by atoms with E-state index < -0.39 is 0 Å². The van der Waals surface area contributed by atoms with E-state index in [1.165, 1.54) is 0 Å². The van der Waals surface area contributed by atoms with Gasteiger partial charge in [0.15, 0.2) is 0 Å². The summed E-state index contributed by atoms with van der Waals surface area (Å²) in [6.07, 6.45) is 3.91. The first kappa shape index (κ1) is 13.6. The van der Waals surface area contributed by atoms with E-state index in [4.69, 9.17) is 22.1 Å². The van der Waals surface area contributed by atoms with Gasteiger partial charge in [-0.25, -0.2) is 4.98 Å². The Morgan fingerprint density at radius 2 is 2.39 bits per heavy atom. The fraction of sp³-hybridized carbons (Fsp3) is 0.615. The standard InChI is InChI=1S/C13H20ClN3O/c1-13(18-2)5-3-7-17(9-13)12-11(14)10(8-15)4-6-16-12/h4,6H,3,5,7-9,15H2,1-2H3. The molecule has 0 aliphatic carbocycles. The molecule has 1 atom stereocenters. The molecule has 1 saturated heterocycles. The van der Waals surface area contributed by atoms with Gasteiger partial charge >= 0.3 is 0 Å². The van der Waals surface area contributed by atoms with Gasteiger partial charge in [-0.1, -0.05) is 11.6 Å². The molecule has 0 spiro atoms. The maximum Gasteiger partial charge on any atom is 0.147 e. The van der Waals surface area contributed by atoms with Gasteiger partial charge in [0, 0.05) is 32.9 Å². The minimum Gasteiger partial charge on any atom is -0.377 e. The monoisotopic (exact) mass is 269 g/mol. The molecule has 1 aliphatic heterocycles. The molecule has 1 aromatic rings. The van der Waals surface area contributed by atoms with Crippen LogP contribution in [0.15, 0.2) is 12.3 Å². The summed E-state index contributed by atoms with van der Waals surface area (Å²) in [5.74, 6) is 0.822. The summed E-state index contributed by atoms with van der Waals surface area (Å²) in [7, 11) is 1.76. The molecule has 0 amide bonds. The molecule has 1 aromatic heterocycles. The van der Waals surface area contributed by atoms with Crippen LogP contribution in [0, 0.1) is 0 Å². The van der Waals surface area contributed by atoms with Gasteiger partial charge in [0.05, 0.1) is 10.6 Å². The van der Waals surface area contributed by atoms with Crippen LogP contribution in [0.1, 0.15) is 25.3 Å². The summed E-state index contributed by atoms with van der Waals surface area (Å²) in [5, 5.41) is 0.667. The highest BCUT2D eigenvalue weighted by Crippen LogP contribution is 2.32. The maximum atomic E-state index is 6.35. The summed E-state index contributed by atoms with van der Waals surface area (Å²) >= 11 is 6.35. The van der Waals surface area contributed by atoms with Crippen molar-refractivity contribution in [3.05, 3.63) is 22.8 Å². The lowest BCUT2D eigenvalue weighted by Crippen LogP contribution is -2.47. The van der Waals surface area contributed by atoms with Crippen LogP contribution in [-0.2, 0) is 11.3 Å². The fourth-order valence-electron chi connectivity index (χ4n) is 2.40. The number of halogens is 1. The van der Waals surface area contributed by atoms with Crippen molar-refractivity contribution >= 4 is 17.4 Å². The molecule has 18 heavy (non-hydrogen) atoms. The summed E-state index contributed by atoms with van der Waals surface area (Å²) < 4.78 is 5.59. The predicted octanol–water partition coefficient (Wildman–Crippen LogP) is 2.20. The molecule has 5 heteroatoms. The Balaban J connectivity index is 2.26. The number of nitrogens with zero attached hydrogens (tertiary/aromatic N) is 2. The summed E-state index contributed by atoms with van der Waals surface area (Å²) in [4.78, 5) is 6.58. The maximum absolute atomic E-state index is 6.35. The van der Waals surface area contributed by atoms with Gasteiger partial charge in [-0.05, 0) is 31.4 Å². The fourth-order valence-corrected chi connectivity index (χ4v) is 2.71. The third kappa shape index (κ3) is 2.60. The quantitative estimate of drug-likeness (QED) is 0.914. The van der Waals surface area contributed by atoms with Crippen LogP contribution < -0.4 is 10.6 Å². The van der Waals surface area contributed by atoms with Gasteiger partial charge < -0.3 is 15.4 Å². The van der Waals surface area contributed by atoms with Crippen LogP contribution >= 0.6 is 11.6 Å². The van der Waals surface area contributed by atoms with E-state index in [2.05, 4.69) is 16.8 Å². The first-order valence-electron chi connectivity index (χ1n) is 6.23. The summed E-state index contributed by atoms with van der Waals surface area (Å²) in [6, 6.07) is 1.87. The number of pyridine rings is 1. The number of ether oxygens (including phenoxy) is 1. The first-order chi connectivity index (χ1) is 8.59. The zero-order valence-electron chi connectivity index (χ0n) is 10.9. The highest BCUT2D eigenvalue weighted by molar-refractivity contribution is 6.33. The van der Waals surface area contributed by atoms with Crippen molar-refractivity contribution in [3.63, 3.8) is 0 Å². The lowest BCUT2D eigenvalue weighted by molar-refractivity contribution is -0.00481. The summed E-state index contributed by atoms with van der Waals surface area (Å²) in [6.45, 7) is 4.33. The Kier molecular flexibility index (Phi) is 4.10. The van der Waals surface area contributed by atoms with Gasteiger partial charge in [-0.15, -0.1) is 0 Å². The molecular weight excluding hydrogens is 250 g/mol. The summed E-state index contributed by atoms with van der Waals surface area (Å²) in [5.41, 5.74) is 6.49. The second-order valence-corrected chi connectivity index (χ2v) is 5.37. The third-order valence-electron chi connectivity index (χ3n) is 3.62. The minimum absolute atomic E-state index is 0.123. The van der Waals surface area contributed by atoms with Crippen LogP contribution in [0.4, 0.5) is 5.82 Å². The predicted molar refractivity (Wildman–Crippen MR) is 74.0 cm³/mol. The molecule has 1 fully saturated rings. The third-order valence-corrected chi connectivity index (χ3v) is 4.03. The lowest BCUT2D eigenvalue weighted by Gasteiger charge is -2.40. The van der Waals surface area contributed by atoms with Gasteiger partial charge in [0.2, 0.25) is 0 Å². The average molecular weight is 270 g/mol. The number of hydrogen-bond acceptors (Lipinski definition) is 4. The molecule has 2 heterocycles. The molecule has 4 nitrogen and oxygen atoms in total. The zero-order chi connectivity index (χ0) is 13.2. The number of hydrogen-bond donors (Lipinski definition) is 1. The molecule has 0 saturated carbocycles. The Morgan fingerprint density at radius 1 is 1.61 bits per heavy atom. The Hall–Kier alpha value is -0.840.